The Bertz CT molecular complexity index is 638. The summed E-state index contributed by atoms with van der Waals surface area (Å²) in [5, 5.41) is 1.83. The van der Waals surface area contributed by atoms with E-state index in [0.29, 0.717) is 12.1 Å². The second-order valence-corrected chi connectivity index (χ2v) is 9.49. The summed E-state index contributed by atoms with van der Waals surface area (Å²) in [4.78, 5) is 0. The highest BCUT2D eigenvalue weighted by atomic mass is 31.2. The van der Waals surface area contributed by atoms with E-state index in [4.69, 9.17) is 4.74 Å². The molecule has 1 fully saturated rings. The lowest BCUT2D eigenvalue weighted by atomic mass is 10.0. The van der Waals surface area contributed by atoms with Crippen molar-refractivity contribution in [3.8, 4) is 0 Å². The Kier molecular flexibility index (Phi) is 4.01. The van der Waals surface area contributed by atoms with Crippen molar-refractivity contribution in [3.05, 3.63) is 60.7 Å². The molecule has 0 saturated carbocycles. The normalized spacial score (nSPS) is 24.5. The monoisotopic (exact) mass is 314 g/mol. The molecule has 1 aliphatic heterocycles. The van der Waals surface area contributed by atoms with Crippen LogP contribution in [0.25, 0.3) is 0 Å². The van der Waals surface area contributed by atoms with E-state index in [0.717, 1.165) is 10.6 Å². The van der Waals surface area contributed by atoms with Crippen molar-refractivity contribution in [2.24, 2.45) is 5.92 Å². The highest BCUT2D eigenvalue weighted by molar-refractivity contribution is 7.78. The quantitative estimate of drug-likeness (QED) is 0.620. The number of hydrogen-bond acceptors (Lipinski definition) is 2. The predicted octanol–water partition coefficient (Wildman–Crippen LogP) is 3.81. The van der Waals surface area contributed by atoms with Gasteiger partial charge in [0.2, 0.25) is 0 Å². The summed E-state index contributed by atoms with van der Waals surface area (Å²) < 4.78 is 19.9. The van der Waals surface area contributed by atoms with Crippen LogP contribution in [0.1, 0.15) is 20.8 Å². The van der Waals surface area contributed by atoms with E-state index in [-0.39, 0.29) is 11.7 Å². The zero-order chi connectivity index (χ0) is 15.8. The van der Waals surface area contributed by atoms with Gasteiger partial charge in [0.1, 0.15) is 7.14 Å². The topological polar surface area (TPSA) is 29.6 Å². The lowest BCUT2D eigenvalue weighted by molar-refractivity contribution is 0.305. The van der Waals surface area contributed by atoms with E-state index in [1.807, 2.05) is 60.7 Å². The van der Waals surface area contributed by atoms with E-state index < -0.39 is 7.14 Å². The summed E-state index contributed by atoms with van der Waals surface area (Å²) in [6.07, 6.45) is 0.768. The predicted molar refractivity (Wildman–Crippen MR) is 92.7 cm³/mol. The summed E-state index contributed by atoms with van der Waals surface area (Å²) in [7, 11) is -2.69. The average molecular weight is 314 g/mol. The lowest BCUT2D eigenvalue weighted by Crippen LogP contribution is -2.27. The summed E-state index contributed by atoms with van der Waals surface area (Å²) >= 11 is 0. The van der Waals surface area contributed by atoms with Crippen molar-refractivity contribution >= 4 is 17.8 Å². The Morgan fingerprint density at radius 2 is 1.45 bits per heavy atom. The highest BCUT2D eigenvalue weighted by Gasteiger charge is 2.57. The number of ether oxygens (including phenoxy) is 1. The molecule has 1 aliphatic rings. The molecule has 0 aliphatic carbocycles. The second kappa shape index (κ2) is 5.68. The number of hydrogen-bond donors (Lipinski definition) is 0. The van der Waals surface area contributed by atoms with Gasteiger partial charge in [-0.2, -0.15) is 0 Å². The van der Waals surface area contributed by atoms with Gasteiger partial charge in [-0.3, -0.25) is 0 Å². The molecule has 0 radical (unpaired) electrons. The van der Waals surface area contributed by atoms with Gasteiger partial charge in [-0.15, -0.1) is 0 Å². The Hall–Kier alpha value is -1.37. The lowest BCUT2D eigenvalue weighted by Gasteiger charge is -2.22. The Labute approximate surface area is 132 Å². The van der Waals surface area contributed by atoms with Gasteiger partial charge in [0.15, 0.2) is 0 Å². The SMILES string of the molecule is CC(C)C1OC1(C)CP(=O)(c1ccccc1)c1ccccc1. The van der Waals surface area contributed by atoms with Gasteiger partial charge < -0.3 is 9.30 Å². The van der Waals surface area contributed by atoms with E-state index in [1.165, 1.54) is 0 Å². The molecule has 2 aromatic rings. The fourth-order valence-corrected chi connectivity index (χ4v) is 6.45. The summed E-state index contributed by atoms with van der Waals surface area (Å²) in [5.41, 5.74) is -0.282. The maximum atomic E-state index is 14.0. The molecule has 1 saturated heterocycles. The van der Waals surface area contributed by atoms with Crippen LogP contribution in [0.4, 0.5) is 0 Å². The van der Waals surface area contributed by atoms with Crippen LogP contribution in [0.2, 0.25) is 0 Å². The third-order valence-electron chi connectivity index (χ3n) is 4.43. The second-order valence-electron chi connectivity index (χ2n) is 6.66. The van der Waals surface area contributed by atoms with Gasteiger partial charge in [0.05, 0.1) is 11.7 Å². The van der Waals surface area contributed by atoms with Crippen LogP contribution in [-0.4, -0.2) is 17.9 Å². The van der Waals surface area contributed by atoms with Crippen LogP contribution < -0.4 is 10.6 Å². The van der Waals surface area contributed by atoms with E-state index >= 15 is 0 Å². The van der Waals surface area contributed by atoms with E-state index in [9.17, 15) is 4.57 Å². The number of epoxide rings is 1. The minimum Gasteiger partial charge on any atom is -0.366 e. The van der Waals surface area contributed by atoms with Crippen molar-refractivity contribution < 1.29 is 9.30 Å². The van der Waals surface area contributed by atoms with Crippen molar-refractivity contribution in [2.75, 3.05) is 6.16 Å². The third-order valence-corrected chi connectivity index (χ3v) is 7.77. The molecule has 1 heterocycles. The molecular weight excluding hydrogens is 291 g/mol. The van der Waals surface area contributed by atoms with Gasteiger partial charge in [0, 0.05) is 16.8 Å². The first-order valence-corrected chi connectivity index (χ1v) is 9.73. The largest absolute Gasteiger partial charge is 0.366 e. The van der Waals surface area contributed by atoms with Crippen LogP contribution in [0.3, 0.4) is 0 Å². The summed E-state index contributed by atoms with van der Waals surface area (Å²) in [6.45, 7) is 6.41. The molecule has 3 heteroatoms. The molecule has 2 nitrogen and oxygen atoms in total. The van der Waals surface area contributed by atoms with Crippen LogP contribution in [0.15, 0.2) is 60.7 Å². The van der Waals surface area contributed by atoms with Crippen LogP contribution in [0, 0.1) is 5.92 Å². The first kappa shape index (κ1) is 15.5. The highest BCUT2D eigenvalue weighted by Crippen LogP contribution is 2.54. The Balaban J connectivity index is 2.01. The van der Waals surface area contributed by atoms with Gasteiger partial charge in [-0.25, -0.2) is 0 Å². The molecule has 0 bridgehead atoms. The molecule has 22 heavy (non-hydrogen) atoms. The molecule has 2 unspecified atom stereocenters. The summed E-state index contributed by atoms with van der Waals surface area (Å²) in [6, 6.07) is 19.7. The first-order chi connectivity index (χ1) is 10.5. The molecule has 0 spiro atoms. The maximum absolute atomic E-state index is 14.0. The van der Waals surface area contributed by atoms with E-state index in [2.05, 4.69) is 20.8 Å². The molecule has 2 atom stereocenters. The summed E-state index contributed by atoms with van der Waals surface area (Å²) in [5.74, 6) is 0.449. The van der Waals surface area contributed by atoms with Gasteiger partial charge in [-0.05, 0) is 12.8 Å². The van der Waals surface area contributed by atoms with Crippen LogP contribution in [-0.2, 0) is 9.30 Å². The first-order valence-electron chi connectivity index (χ1n) is 7.84. The van der Waals surface area contributed by atoms with E-state index in [1.54, 1.807) is 0 Å². The zero-order valence-electron chi connectivity index (χ0n) is 13.4. The van der Waals surface area contributed by atoms with Crippen molar-refractivity contribution in [1.82, 2.24) is 0 Å². The molecule has 0 amide bonds. The van der Waals surface area contributed by atoms with Crippen LogP contribution in [0.5, 0.6) is 0 Å². The molecular formula is C19H23O2P. The average Bonchev–Trinajstić information content (AvgIpc) is 3.20. The van der Waals surface area contributed by atoms with Crippen LogP contribution >= 0.6 is 7.14 Å². The Morgan fingerprint density at radius 3 is 1.82 bits per heavy atom. The standard InChI is InChI=1S/C19H23O2P/c1-15(2)18-19(3,21-18)14-22(20,16-10-6-4-7-11-16)17-12-8-5-9-13-17/h4-13,15,18H,14H2,1-3H3. The molecule has 2 aromatic carbocycles. The minimum atomic E-state index is -2.69. The van der Waals surface area contributed by atoms with Gasteiger partial charge in [-0.1, -0.05) is 74.5 Å². The van der Waals surface area contributed by atoms with Crippen molar-refractivity contribution in [2.45, 2.75) is 32.5 Å². The number of rotatable bonds is 5. The maximum Gasteiger partial charge on any atom is 0.146 e. The fraction of sp³-hybridized carbons (Fsp3) is 0.368. The van der Waals surface area contributed by atoms with Gasteiger partial charge >= 0.3 is 0 Å². The Morgan fingerprint density at radius 1 is 1.00 bits per heavy atom. The fourth-order valence-electron chi connectivity index (χ4n) is 3.34. The molecule has 116 valence electrons. The van der Waals surface area contributed by atoms with Crippen molar-refractivity contribution in [1.29, 1.82) is 0 Å². The van der Waals surface area contributed by atoms with Crippen molar-refractivity contribution in [3.63, 3.8) is 0 Å². The molecule has 3 rings (SSSR count). The van der Waals surface area contributed by atoms with Gasteiger partial charge in [0.25, 0.3) is 0 Å². The molecule has 0 aromatic heterocycles. The zero-order valence-corrected chi connectivity index (χ0v) is 14.3. The number of benzene rings is 2. The minimum absolute atomic E-state index is 0.202. The third kappa shape index (κ3) is 2.78. The molecule has 0 N–H and O–H groups in total. The smallest absolute Gasteiger partial charge is 0.146 e.